The van der Waals surface area contributed by atoms with Crippen molar-refractivity contribution in [1.82, 2.24) is 20.8 Å². The fourth-order valence-electron chi connectivity index (χ4n) is 4.24. The first-order chi connectivity index (χ1) is 21.0. The molecule has 0 fully saturated rings. The van der Waals surface area contributed by atoms with Crippen molar-refractivity contribution in [3.63, 3.8) is 0 Å². The first kappa shape index (κ1) is 30.9. The van der Waals surface area contributed by atoms with Crippen LogP contribution in [-0.2, 0) is 24.2 Å². The number of aromatic nitrogens is 2. The van der Waals surface area contributed by atoms with Crippen molar-refractivity contribution in [2.45, 2.75) is 44.8 Å². The van der Waals surface area contributed by atoms with Gasteiger partial charge in [0.25, 0.3) is 0 Å². The molecule has 43 heavy (non-hydrogen) atoms. The lowest BCUT2D eigenvalue weighted by atomic mass is 10.0. The summed E-state index contributed by atoms with van der Waals surface area (Å²) in [6.45, 7) is 0.971. The lowest BCUT2D eigenvalue weighted by Gasteiger charge is -2.16. The number of carbonyl (C=O) groups is 3. The first-order valence-corrected chi connectivity index (χ1v) is 14.1. The van der Waals surface area contributed by atoms with Crippen molar-refractivity contribution in [2.75, 3.05) is 13.1 Å². The van der Waals surface area contributed by atoms with Gasteiger partial charge in [0.2, 0.25) is 17.5 Å². The van der Waals surface area contributed by atoms with E-state index in [0.29, 0.717) is 44.5 Å². The van der Waals surface area contributed by atoms with Gasteiger partial charge in [0, 0.05) is 6.54 Å². The van der Waals surface area contributed by atoms with E-state index in [-0.39, 0.29) is 24.7 Å². The lowest BCUT2D eigenvalue weighted by Crippen LogP contribution is -2.41. The predicted octanol–water partition coefficient (Wildman–Crippen LogP) is 4.60. The van der Waals surface area contributed by atoms with Crippen LogP contribution in [0.3, 0.4) is 0 Å². The molecule has 0 radical (unpaired) electrons. The highest BCUT2D eigenvalue weighted by Crippen LogP contribution is 2.17. The highest BCUT2D eigenvalue weighted by atomic mass is 16.6. The smallest absolute Gasteiger partial charge is 0.412 e. The molecule has 0 aliphatic rings. The van der Waals surface area contributed by atoms with E-state index in [1.54, 1.807) is 18.2 Å². The van der Waals surface area contributed by atoms with E-state index in [1.807, 2.05) is 66.7 Å². The molecule has 3 aromatic carbocycles. The number of nitrogens with two attached hydrogens (primary N) is 1. The second-order valence-corrected chi connectivity index (χ2v) is 9.80. The molecule has 1 atom stereocenters. The Morgan fingerprint density at radius 3 is 2.33 bits per heavy atom. The predicted molar refractivity (Wildman–Crippen MR) is 159 cm³/mol. The van der Waals surface area contributed by atoms with Crippen molar-refractivity contribution in [2.24, 2.45) is 5.73 Å². The van der Waals surface area contributed by atoms with Crippen LogP contribution in [0.2, 0.25) is 0 Å². The number of unbranched alkanes of at least 4 members (excludes halogenated alkanes) is 1. The number of nitrogens with one attached hydrogen (secondary N) is 2. The first-order valence-electron chi connectivity index (χ1n) is 14.1. The van der Waals surface area contributed by atoms with Gasteiger partial charge >= 0.3 is 12.2 Å². The summed E-state index contributed by atoms with van der Waals surface area (Å²) < 4.78 is 16.0. The summed E-state index contributed by atoms with van der Waals surface area (Å²) in [6.07, 6.45) is 1.25. The van der Waals surface area contributed by atoms with Crippen LogP contribution in [0.25, 0.3) is 0 Å². The third-order valence-electron chi connectivity index (χ3n) is 6.45. The number of carbonyl (C=O) groups excluding carboxylic acids is 3. The van der Waals surface area contributed by atoms with Gasteiger partial charge in [-0.2, -0.15) is 4.98 Å². The molecule has 224 valence electrons. The number of Topliss-reactive ketones (excluding diaryl/α,β-unsaturated/α-hetero) is 1. The van der Waals surface area contributed by atoms with Crippen molar-refractivity contribution in [1.29, 1.82) is 0 Å². The minimum atomic E-state index is -0.905. The highest BCUT2D eigenvalue weighted by Gasteiger charge is 2.27. The molecule has 1 aromatic heterocycles. The summed E-state index contributed by atoms with van der Waals surface area (Å²) in [7, 11) is 0. The molecule has 0 bridgehead atoms. The van der Waals surface area contributed by atoms with Crippen molar-refractivity contribution in [3.05, 3.63) is 113 Å². The molecule has 4 rings (SSSR count). The number of benzene rings is 3. The Balaban J connectivity index is 1.31. The molecule has 0 aliphatic heterocycles. The van der Waals surface area contributed by atoms with Gasteiger partial charge in [-0.3, -0.25) is 4.79 Å². The van der Waals surface area contributed by atoms with Gasteiger partial charge < -0.3 is 30.4 Å². The number of amides is 2. The maximum atomic E-state index is 13.2. The topological polar surface area (TPSA) is 159 Å². The van der Waals surface area contributed by atoms with Gasteiger partial charge in [-0.05, 0) is 61.1 Å². The number of ketones is 1. The molecule has 4 aromatic rings. The van der Waals surface area contributed by atoms with Gasteiger partial charge in [0.15, 0.2) is 0 Å². The maximum Gasteiger partial charge on any atom is 0.412 e. The zero-order chi connectivity index (χ0) is 30.3. The van der Waals surface area contributed by atoms with Gasteiger partial charge in [-0.15, -0.1) is 0 Å². The van der Waals surface area contributed by atoms with Crippen molar-refractivity contribution in [3.8, 4) is 5.75 Å². The maximum absolute atomic E-state index is 13.2. The summed E-state index contributed by atoms with van der Waals surface area (Å²) in [5, 5.41) is 9.21. The number of nitrogens with zero attached hydrogens (tertiary/aromatic N) is 2. The molecule has 11 nitrogen and oxygen atoms in total. The second kappa shape index (κ2) is 16.4. The number of alkyl carbamates (subject to hydrolysis) is 1. The van der Waals surface area contributed by atoms with Gasteiger partial charge in [0.05, 0.1) is 12.5 Å². The normalized spacial score (nSPS) is 11.4. The summed E-state index contributed by atoms with van der Waals surface area (Å²) in [6, 6.07) is 25.0. The minimum Gasteiger partial charge on any atom is -0.445 e. The van der Waals surface area contributed by atoms with Crippen molar-refractivity contribution < 1.29 is 28.4 Å². The second-order valence-electron chi connectivity index (χ2n) is 9.80. The van der Waals surface area contributed by atoms with Crippen molar-refractivity contribution >= 4 is 18.0 Å². The van der Waals surface area contributed by atoms with Crippen LogP contribution in [-0.4, -0.2) is 47.2 Å². The van der Waals surface area contributed by atoms with Crippen LogP contribution in [0.4, 0.5) is 9.59 Å². The molecule has 0 saturated carbocycles. The standard InChI is InChI=1S/C32H35N5O6/c33-18-8-7-16-27(35-32(40)41-22-24-12-5-2-6-13-24)29(38)30-36-28(43-37-30)21-25-14-9-15-26(20-25)42-31(39)34-19-17-23-10-3-1-4-11-23/h1-6,9-15,20,27H,7-8,16-19,21-22,33H2,(H,34,39)(H,35,40). The van der Waals surface area contributed by atoms with E-state index < -0.39 is 24.0 Å². The molecule has 0 spiro atoms. The quantitative estimate of drug-likeness (QED) is 0.134. The largest absolute Gasteiger partial charge is 0.445 e. The number of ether oxygens (including phenoxy) is 2. The number of hydrogen-bond donors (Lipinski definition) is 3. The Hall–Kier alpha value is -5.03. The van der Waals surface area contributed by atoms with Crippen LogP contribution in [0.5, 0.6) is 5.75 Å². The van der Waals surface area contributed by atoms with Crippen LogP contribution in [0.1, 0.15) is 52.5 Å². The van der Waals surface area contributed by atoms with Crippen LogP contribution >= 0.6 is 0 Å². The van der Waals surface area contributed by atoms with Crippen LogP contribution < -0.4 is 21.1 Å². The molecule has 2 amide bonds. The Labute approximate surface area is 249 Å². The van der Waals surface area contributed by atoms with E-state index in [1.165, 1.54) is 0 Å². The van der Waals surface area contributed by atoms with E-state index >= 15 is 0 Å². The Morgan fingerprint density at radius 2 is 1.58 bits per heavy atom. The third kappa shape index (κ3) is 10.4. The fourth-order valence-corrected chi connectivity index (χ4v) is 4.24. The zero-order valence-electron chi connectivity index (χ0n) is 23.7. The molecular weight excluding hydrogens is 550 g/mol. The Bertz CT molecular complexity index is 1460. The average molecular weight is 586 g/mol. The fraction of sp³-hybridized carbons (Fsp3) is 0.281. The van der Waals surface area contributed by atoms with Gasteiger partial charge in [-0.1, -0.05) is 78.0 Å². The highest BCUT2D eigenvalue weighted by molar-refractivity contribution is 5.98. The zero-order valence-corrected chi connectivity index (χ0v) is 23.7. The van der Waals surface area contributed by atoms with Gasteiger partial charge in [-0.25, -0.2) is 9.59 Å². The molecule has 1 heterocycles. The Kier molecular flexibility index (Phi) is 11.8. The average Bonchev–Trinajstić information content (AvgIpc) is 3.49. The molecule has 0 saturated heterocycles. The molecule has 1 unspecified atom stereocenters. The van der Waals surface area contributed by atoms with Crippen LogP contribution in [0.15, 0.2) is 89.5 Å². The number of hydrogen-bond acceptors (Lipinski definition) is 9. The summed E-state index contributed by atoms with van der Waals surface area (Å²) in [5.74, 6) is -0.0990. The Morgan fingerprint density at radius 1 is 0.860 bits per heavy atom. The monoisotopic (exact) mass is 585 g/mol. The van der Waals surface area contributed by atoms with E-state index in [2.05, 4.69) is 20.8 Å². The SMILES string of the molecule is NCCCCC(NC(=O)OCc1ccccc1)C(=O)c1noc(Cc2cccc(OC(=O)NCCc3ccccc3)c2)n1. The number of rotatable bonds is 15. The molecular formula is C32H35N5O6. The summed E-state index contributed by atoms with van der Waals surface area (Å²) >= 11 is 0. The molecule has 0 aliphatic carbocycles. The van der Waals surface area contributed by atoms with Gasteiger partial charge in [0.1, 0.15) is 12.4 Å². The minimum absolute atomic E-state index is 0.0703. The summed E-state index contributed by atoms with van der Waals surface area (Å²) in [5.41, 5.74) is 8.28. The lowest BCUT2D eigenvalue weighted by molar-refractivity contribution is 0.0896. The summed E-state index contributed by atoms with van der Waals surface area (Å²) in [4.78, 5) is 42.2. The molecule has 4 N–H and O–H groups in total. The third-order valence-corrected chi connectivity index (χ3v) is 6.45. The van der Waals surface area contributed by atoms with E-state index in [9.17, 15) is 14.4 Å². The van der Waals surface area contributed by atoms with E-state index in [0.717, 1.165) is 16.7 Å². The molecule has 11 heteroatoms. The van der Waals surface area contributed by atoms with Crippen LogP contribution in [0, 0.1) is 0 Å². The van der Waals surface area contributed by atoms with E-state index in [4.69, 9.17) is 19.7 Å².